The first-order valence-electron chi connectivity index (χ1n) is 3.98. The van der Waals surface area contributed by atoms with Gasteiger partial charge in [0.2, 0.25) is 0 Å². The van der Waals surface area contributed by atoms with E-state index in [1.165, 1.54) is 0 Å². The molecule has 0 N–H and O–H groups in total. The summed E-state index contributed by atoms with van der Waals surface area (Å²) in [5.41, 5.74) is 9.06. The van der Waals surface area contributed by atoms with E-state index in [9.17, 15) is 0 Å². The van der Waals surface area contributed by atoms with Crippen LogP contribution >= 0.6 is 0 Å². The van der Waals surface area contributed by atoms with Crippen molar-refractivity contribution in [2.45, 2.75) is 6.42 Å². The smallest absolute Gasteiger partial charge is 0.0948 e. The van der Waals surface area contributed by atoms with Gasteiger partial charge in [0.15, 0.2) is 0 Å². The third-order valence-electron chi connectivity index (χ3n) is 1.60. The molecule has 0 bridgehead atoms. The molecular formula is C8H11N5. The number of hydrogen-bond donors (Lipinski definition) is 0. The fraction of sp³-hybridized carbons (Fsp3) is 0.375. The minimum atomic E-state index is 0.505. The van der Waals surface area contributed by atoms with Crippen LogP contribution in [0.3, 0.4) is 0 Å². The average Bonchev–Trinajstić information content (AvgIpc) is 2.52. The van der Waals surface area contributed by atoms with Gasteiger partial charge in [-0.3, -0.25) is 0 Å². The molecule has 0 saturated carbocycles. The molecule has 13 heavy (non-hydrogen) atoms. The second-order valence-corrected chi connectivity index (χ2v) is 2.57. The molecule has 0 radical (unpaired) electrons. The number of azide groups is 1. The van der Waals surface area contributed by atoms with E-state index in [1.807, 2.05) is 23.8 Å². The van der Waals surface area contributed by atoms with Crippen LogP contribution in [0.25, 0.3) is 16.5 Å². The fourth-order valence-electron chi connectivity index (χ4n) is 0.909. The Kier molecular flexibility index (Phi) is 3.60. The van der Waals surface area contributed by atoms with Crippen molar-refractivity contribution >= 4 is 6.08 Å². The molecule has 0 fully saturated rings. The van der Waals surface area contributed by atoms with Crippen LogP contribution in [0.15, 0.2) is 23.7 Å². The van der Waals surface area contributed by atoms with E-state index in [0.717, 1.165) is 12.1 Å². The van der Waals surface area contributed by atoms with Crippen molar-refractivity contribution < 1.29 is 0 Å². The monoisotopic (exact) mass is 177 g/mol. The number of nitrogens with zero attached hydrogens (tertiary/aromatic N) is 5. The molecule has 0 unspecified atom stereocenters. The van der Waals surface area contributed by atoms with Gasteiger partial charge in [-0.1, -0.05) is 11.2 Å². The number of aromatic nitrogens is 2. The summed E-state index contributed by atoms with van der Waals surface area (Å²) in [4.78, 5) is 6.63. The second-order valence-electron chi connectivity index (χ2n) is 2.57. The summed E-state index contributed by atoms with van der Waals surface area (Å²) in [6.45, 7) is 0.505. The van der Waals surface area contributed by atoms with Crippen LogP contribution in [0.4, 0.5) is 0 Å². The van der Waals surface area contributed by atoms with E-state index in [4.69, 9.17) is 5.53 Å². The van der Waals surface area contributed by atoms with Crippen molar-refractivity contribution in [1.29, 1.82) is 0 Å². The summed E-state index contributed by atoms with van der Waals surface area (Å²) in [7, 11) is 1.93. The largest absolute Gasteiger partial charge is 0.334 e. The van der Waals surface area contributed by atoms with Gasteiger partial charge in [-0.05, 0) is 18.0 Å². The maximum Gasteiger partial charge on any atom is 0.0948 e. The molecule has 0 amide bonds. The predicted molar refractivity (Wildman–Crippen MR) is 50.9 cm³/mol. The molecule has 0 aromatic carbocycles. The van der Waals surface area contributed by atoms with Gasteiger partial charge in [0.1, 0.15) is 0 Å². The lowest BCUT2D eigenvalue weighted by atomic mass is 10.3. The van der Waals surface area contributed by atoms with Crippen LogP contribution in [0.1, 0.15) is 12.1 Å². The number of rotatable bonds is 4. The highest BCUT2D eigenvalue weighted by Gasteiger charge is 1.89. The Morgan fingerprint density at radius 3 is 3.23 bits per heavy atom. The van der Waals surface area contributed by atoms with E-state index in [2.05, 4.69) is 15.0 Å². The minimum Gasteiger partial charge on any atom is -0.334 e. The van der Waals surface area contributed by atoms with Crippen molar-refractivity contribution in [2.24, 2.45) is 12.2 Å². The molecule has 0 saturated heterocycles. The van der Waals surface area contributed by atoms with E-state index < -0.39 is 0 Å². The Morgan fingerprint density at radius 1 is 1.77 bits per heavy atom. The zero-order chi connectivity index (χ0) is 9.52. The molecule has 5 nitrogen and oxygen atoms in total. The first-order chi connectivity index (χ1) is 6.34. The lowest BCUT2D eigenvalue weighted by Crippen LogP contribution is -1.86. The third kappa shape index (κ3) is 3.01. The summed E-state index contributed by atoms with van der Waals surface area (Å²) < 4.78 is 1.92. The van der Waals surface area contributed by atoms with Crippen molar-refractivity contribution in [3.8, 4) is 0 Å². The van der Waals surface area contributed by atoms with E-state index in [1.54, 1.807) is 12.5 Å². The van der Waals surface area contributed by atoms with Crippen molar-refractivity contribution in [3.05, 3.63) is 34.7 Å². The normalized spacial score (nSPS) is 10.2. The SMILES string of the molecule is Cn1cncc1C=CCCN=[N+]=[N-]. The Balaban J connectivity index is 2.40. The molecule has 1 aromatic rings. The highest BCUT2D eigenvalue weighted by molar-refractivity contribution is 5.43. The molecule has 0 atom stereocenters. The number of hydrogen-bond acceptors (Lipinski definition) is 2. The molecule has 5 heteroatoms. The van der Waals surface area contributed by atoms with Crippen LogP contribution < -0.4 is 0 Å². The van der Waals surface area contributed by atoms with Crippen molar-refractivity contribution in [2.75, 3.05) is 6.54 Å². The fourth-order valence-corrected chi connectivity index (χ4v) is 0.909. The molecule has 0 aliphatic heterocycles. The number of imidazole rings is 1. The summed E-state index contributed by atoms with van der Waals surface area (Å²) in [6.07, 6.45) is 8.21. The first-order valence-corrected chi connectivity index (χ1v) is 3.98. The van der Waals surface area contributed by atoms with Gasteiger partial charge >= 0.3 is 0 Å². The summed E-state index contributed by atoms with van der Waals surface area (Å²) in [5, 5.41) is 3.42. The van der Waals surface area contributed by atoms with Crippen LogP contribution in [0.5, 0.6) is 0 Å². The van der Waals surface area contributed by atoms with Gasteiger partial charge in [-0.2, -0.15) is 0 Å². The van der Waals surface area contributed by atoms with E-state index in [-0.39, 0.29) is 0 Å². The summed E-state index contributed by atoms with van der Waals surface area (Å²) in [5.74, 6) is 0. The van der Waals surface area contributed by atoms with Gasteiger partial charge in [0.05, 0.1) is 18.2 Å². The molecule has 0 aliphatic carbocycles. The molecule has 68 valence electrons. The molecule has 1 heterocycles. The van der Waals surface area contributed by atoms with Gasteiger partial charge in [0, 0.05) is 18.5 Å². The Hall–Kier alpha value is -1.74. The van der Waals surface area contributed by atoms with E-state index >= 15 is 0 Å². The highest BCUT2D eigenvalue weighted by atomic mass is 15.1. The second kappa shape index (κ2) is 5.00. The van der Waals surface area contributed by atoms with Gasteiger partial charge < -0.3 is 4.57 Å². The lowest BCUT2D eigenvalue weighted by Gasteiger charge is -1.92. The molecule has 1 aromatic heterocycles. The summed E-state index contributed by atoms with van der Waals surface area (Å²) >= 11 is 0. The van der Waals surface area contributed by atoms with Crippen molar-refractivity contribution in [1.82, 2.24) is 9.55 Å². The average molecular weight is 177 g/mol. The van der Waals surface area contributed by atoms with E-state index in [0.29, 0.717) is 6.54 Å². The lowest BCUT2D eigenvalue weighted by molar-refractivity contribution is 0.900. The Labute approximate surface area is 76.3 Å². The third-order valence-corrected chi connectivity index (χ3v) is 1.60. The zero-order valence-corrected chi connectivity index (χ0v) is 7.46. The Morgan fingerprint density at radius 2 is 2.62 bits per heavy atom. The molecule has 0 aliphatic rings. The van der Waals surface area contributed by atoms with Gasteiger partial charge in [0.25, 0.3) is 0 Å². The predicted octanol–water partition coefficient (Wildman–Crippen LogP) is 2.13. The minimum absolute atomic E-state index is 0.505. The standard InChI is InChI=1S/C8H11N5/c1-13-7-10-6-8(13)4-2-3-5-11-12-9/h2,4,6-7H,3,5H2,1H3. The molecule has 0 spiro atoms. The summed E-state index contributed by atoms with van der Waals surface area (Å²) in [6, 6.07) is 0. The maximum absolute atomic E-state index is 8.01. The zero-order valence-electron chi connectivity index (χ0n) is 7.46. The van der Waals surface area contributed by atoms with Crippen LogP contribution in [0, 0.1) is 0 Å². The first kappa shape index (κ1) is 9.35. The quantitative estimate of drug-likeness (QED) is 0.300. The van der Waals surface area contributed by atoms with Crippen LogP contribution in [-0.2, 0) is 7.05 Å². The topological polar surface area (TPSA) is 66.6 Å². The van der Waals surface area contributed by atoms with Gasteiger partial charge in [-0.15, -0.1) is 0 Å². The van der Waals surface area contributed by atoms with Crippen LogP contribution in [0.2, 0.25) is 0 Å². The highest BCUT2D eigenvalue weighted by Crippen LogP contribution is 1.99. The maximum atomic E-state index is 8.01. The van der Waals surface area contributed by atoms with Crippen LogP contribution in [-0.4, -0.2) is 16.1 Å². The number of aryl methyl sites for hydroxylation is 1. The van der Waals surface area contributed by atoms with Crippen molar-refractivity contribution in [3.63, 3.8) is 0 Å². The Bertz CT molecular complexity index is 332. The molecule has 1 rings (SSSR count). The van der Waals surface area contributed by atoms with Gasteiger partial charge in [-0.25, -0.2) is 4.98 Å². The molecular weight excluding hydrogens is 166 g/mol.